The van der Waals surface area contributed by atoms with Crippen LogP contribution in [0.15, 0.2) is 25.3 Å². The normalized spacial score (nSPS) is 15.4. The number of hydrogen-bond donors (Lipinski definition) is 0. The largest absolute Gasteiger partial charge is 0.575 e. The molecule has 0 amide bonds. The van der Waals surface area contributed by atoms with Crippen molar-refractivity contribution in [3.8, 4) is 0 Å². The van der Waals surface area contributed by atoms with E-state index < -0.39 is 95.9 Å². The molecule has 0 spiro atoms. The van der Waals surface area contributed by atoms with Gasteiger partial charge in [0.2, 0.25) is 0 Å². The van der Waals surface area contributed by atoms with Crippen LogP contribution in [0.3, 0.4) is 0 Å². The van der Waals surface area contributed by atoms with Gasteiger partial charge in [0, 0.05) is 12.2 Å². The van der Waals surface area contributed by atoms with Gasteiger partial charge >= 0.3 is 89.8 Å². The summed E-state index contributed by atoms with van der Waals surface area (Å²) >= 11 is 0. The summed E-state index contributed by atoms with van der Waals surface area (Å²) in [7, 11) is 0. The van der Waals surface area contributed by atoms with Crippen LogP contribution < -0.4 is 0 Å². The van der Waals surface area contributed by atoms with Crippen molar-refractivity contribution in [2.45, 2.75) is 77.9 Å². The predicted octanol–water partition coefficient (Wildman–Crippen LogP) is 9.46. The first kappa shape index (κ1) is 49.6. The molecule has 302 valence electrons. The molecule has 0 atom stereocenters. The van der Waals surface area contributed by atoms with Crippen LogP contribution in [0.25, 0.3) is 0 Å². The van der Waals surface area contributed by atoms with Crippen molar-refractivity contribution in [3.63, 3.8) is 0 Å². The number of ether oxygens (including phenoxy) is 2. The second-order valence-corrected chi connectivity index (χ2v) is 8.45. The Morgan fingerprint density at radius 2 is 0.529 bits per heavy atom. The van der Waals surface area contributed by atoms with Crippen LogP contribution in [0.2, 0.25) is 0 Å². The van der Waals surface area contributed by atoms with E-state index in [2.05, 4.69) is 22.6 Å². The lowest BCUT2D eigenvalue weighted by molar-refractivity contribution is -0.487. The molecule has 0 saturated carbocycles. The monoisotopic (exact) mass is 830 g/mol. The Kier molecular flexibility index (Phi) is 13.1. The van der Waals surface area contributed by atoms with Crippen molar-refractivity contribution in [1.29, 1.82) is 0 Å². The molecule has 32 heteroatoms. The first-order chi connectivity index (χ1) is 21.7. The highest BCUT2D eigenvalue weighted by Gasteiger charge is 2.99. The van der Waals surface area contributed by atoms with Crippen molar-refractivity contribution in [2.24, 2.45) is 0 Å². The Bertz CT molecular complexity index is 1290. The highest BCUT2D eigenvalue weighted by atomic mass is 19.4. The smallest absolute Gasteiger partial charge is 0.393 e. The van der Waals surface area contributed by atoms with E-state index in [0.717, 1.165) is 0 Å². The lowest BCUT2D eigenvalue weighted by atomic mass is 9.85. The summed E-state index contributed by atoms with van der Waals surface area (Å²) in [6.07, 6.45) is -20.9. The molecule has 0 bridgehead atoms. The summed E-state index contributed by atoms with van der Waals surface area (Å²) in [5.41, 5.74) is 0. The number of alkyl halides is 28. The van der Waals surface area contributed by atoms with Crippen molar-refractivity contribution < 1.29 is 142 Å². The lowest BCUT2D eigenvalue weighted by Gasteiger charge is -2.45. The number of carbonyl (C=O) groups excluding carboxylic acids is 2. The first-order valence-corrected chi connectivity index (χ1v) is 10.7. The molecule has 0 aromatic heterocycles. The van der Waals surface area contributed by atoms with E-state index in [1.165, 1.54) is 0 Å². The molecule has 0 aromatic rings. The number of hydrogen-bond acceptors (Lipinski definition) is 4. The van der Waals surface area contributed by atoms with Crippen molar-refractivity contribution in [3.05, 3.63) is 25.3 Å². The van der Waals surface area contributed by atoms with E-state index in [1.807, 2.05) is 0 Å². The van der Waals surface area contributed by atoms with E-state index in [4.69, 9.17) is 0 Å². The minimum absolute atomic E-state index is 0.438. The van der Waals surface area contributed by atoms with Gasteiger partial charge < -0.3 is 9.47 Å². The Morgan fingerprint density at radius 1 is 0.333 bits per heavy atom. The summed E-state index contributed by atoms with van der Waals surface area (Å²) in [6, 6.07) is 0. The number of rotatable bonds is 13. The minimum Gasteiger partial charge on any atom is -0.393 e. The zero-order valence-corrected chi connectivity index (χ0v) is 22.3. The van der Waals surface area contributed by atoms with E-state index in [0.29, 0.717) is 6.08 Å². The van der Waals surface area contributed by atoms with E-state index >= 15 is 0 Å². The van der Waals surface area contributed by atoms with Crippen LogP contribution >= 0.6 is 0 Å². The zero-order valence-electron chi connectivity index (χ0n) is 22.3. The maximum atomic E-state index is 13.6. The van der Waals surface area contributed by atoms with Crippen molar-refractivity contribution >= 4 is 11.9 Å². The number of halogens is 28. The molecule has 0 unspecified atom stereocenters. The third kappa shape index (κ3) is 7.66. The molecular weight excluding hydrogens is 824 g/mol. The zero-order chi connectivity index (χ0) is 42.5. The fourth-order valence-electron chi connectivity index (χ4n) is 2.33. The Hall–Kier alpha value is -3.54. The van der Waals surface area contributed by atoms with Gasteiger partial charge in [0.05, 0.1) is 0 Å². The molecule has 0 aliphatic heterocycles. The average molecular weight is 830 g/mol. The molecule has 51 heavy (non-hydrogen) atoms. The molecule has 0 aliphatic rings. The third-order valence-corrected chi connectivity index (χ3v) is 5.05. The summed E-state index contributed by atoms with van der Waals surface area (Å²) in [4.78, 5) is 20.2. The third-order valence-electron chi connectivity index (χ3n) is 5.05. The number of esters is 2. The van der Waals surface area contributed by atoms with Gasteiger partial charge in [-0.3, -0.25) is 0 Å². The summed E-state index contributed by atoms with van der Waals surface area (Å²) in [5.74, 6) is -97.2. The molecule has 0 rings (SSSR count). The van der Waals surface area contributed by atoms with Crippen molar-refractivity contribution in [2.75, 3.05) is 0 Å². The van der Waals surface area contributed by atoms with E-state index in [1.54, 1.807) is 0 Å². The molecule has 0 aliphatic carbocycles. The van der Waals surface area contributed by atoms with Gasteiger partial charge in [0.15, 0.2) is 0 Å². The van der Waals surface area contributed by atoms with Gasteiger partial charge in [-0.05, 0) is 0 Å². The van der Waals surface area contributed by atoms with Crippen LogP contribution in [0.4, 0.5) is 123 Å². The van der Waals surface area contributed by atoms with Gasteiger partial charge in [-0.2, -0.15) is 110 Å². The molecule has 0 fully saturated rings. The van der Waals surface area contributed by atoms with Crippen molar-refractivity contribution in [1.82, 2.24) is 0 Å². The minimum atomic E-state index is -9.66. The summed E-state index contributed by atoms with van der Waals surface area (Å²) in [5, 5.41) is 0. The van der Waals surface area contributed by atoms with Crippen LogP contribution in [0.1, 0.15) is 0 Å². The first-order valence-electron chi connectivity index (χ1n) is 10.7. The maximum absolute atomic E-state index is 13.6. The molecule has 0 aromatic carbocycles. The van der Waals surface area contributed by atoms with E-state index in [9.17, 15) is 133 Å². The van der Waals surface area contributed by atoms with Gasteiger partial charge in [0.25, 0.3) is 0 Å². The fourth-order valence-corrected chi connectivity index (χ4v) is 2.33. The van der Waals surface area contributed by atoms with Crippen LogP contribution in [-0.4, -0.2) is 89.8 Å². The van der Waals surface area contributed by atoms with Crippen LogP contribution in [0, 0.1) is 0 Å². The van der Waals surface area contributed by atoms with Crippen LogP contribution in [0.5, 0.6) is 0 Å². The Labute approximate surface area is 258 Å². The molecular formula is C19H6F28O4. The SMILES string of the molecule is C=CC(=O)OC(F)(F)C(F)(F)C(F)(F)C(F)(F)C(F)(F)C(F)(F)C(F)(F)C(F)(F)C(F)(F)C(F)(F)C(F)(F)C(F)(F)F.C=CC(=O)OC(F)(F)F. The fraction of sp³-hybridized carbons (Fsp3) is 0.684. The summed E-state index contributed by atoms with van der Waals surface area (Å²) < 4.78 is 368. The predicted molar refractivity (Wildman–Crippen MR) is 99.1 cm³/mol. The standard InChI is InChI=1S/C15H3F25O2.C4H3F3O2/c1-2-3(41)42-15(39,40)13(34,35)11(30,31)9(26,27)7(22,23)5(18,19)4(16,17)6(20,21)8(24,25)10(28,29)12(32,33)14(36,37)38;1-2-3(8)9-4(5,6)7/h2H,1H2;2H,1H2. The maximum Gasteiger partial charge on any atom is 0.575 e. The van der Waals surface area contributed by atoms with Gasteiger partial charge in [0.1, 0.15) is 0 Å². The quantitative estimate of drug-likeness (QED) is 0.106. The van der Waals surface area contributed by atoms with Gasteiger partial charge in [-0.1, -0.05) is 13.2 Å². The molecule has 0 heterocycles. The Balaban J connectivity index is 0. The lowest BCUT2D eigenvalue weighted by Crippen LogP contribution is -2.78. The Morgan fingerprint density at radius 3 is 0.706 bits per heavy atom. The van der Waals surface area contributed by atoms with Gasteiger partial charge in [-0.15, -0.1) is 13.2 Å². The van der Waals surface area contributed by atoms with Crippen LogP contribution in [-0.2, 0) is 19.1 Å². The summed E-state index contributed by atoms with van der Waals surface area (Å²) in [6.45, 7) is 4.91. The second-order valence-electron chi connectivity index (χ2n) is 8.45. The topological polar surface area (TPSA) is 52.6 Å². The molecule has 4 nitrogen and oxygen atoms in total. The average Bonchev–Trinajstić information content (AvgIpc) is 2.90. The van der Waals surface area contributed by atoms with Gasteiger partial charge in [-0.25, -0.2) is 9.59 Å². The highest BCUT2D eigenvalue weighted by Crippen LogP contribution is 2.67. The molecule has 0 N–H and O–H groups in total. The molecule has 0 saturated heterocycles. The highest BCUT2D eigenvalue weighted by molar-refractivity contribution is 5.81. The second kappa shape index (κ2) is 13.5. The van der Waals surface area contributed by atoms with E-state index in [-0.39, 0.29) is 0 Å². The molecule has 0 radical (unpaired) electrons. The number of carbonyl (C=O) groups is 2.